The van der Waals surface area contributed by atoms with Gasteiger partial charge in [-0.05, 0) is 68.0 Å². The summed E-state index contributed by atoms with van der Waals surface area (Å²) in [4.78, 5) is 14.4. The molecule has 1 unspecified atom stereocenters. The number of benzene rings is 1. The van der Waals surface area contributed by atoms with E-state index in [9.17, 15) is 4.79 Å². The van der Waals surface area contributed by atoms with E-state index in [2.05, 4.69) is 41.3 Å². The average molecular weight is 387 g/mol. The van der Waals surface area contributed by atoms with Crippen molar-refractivity contribution in [2.24, 2.45) is 17.1 Å². The molecule has 0 bridgehead atoms. The van der Waals surface area contributed by atoms with E-state index in [0.29, 0.717) is 18.5 Å². The molecule has 2 aliphatic carbocycles. The van der Waals surface area contributed by atoms with Crippen LogP contribution in [0.2, 0.25) is 0 Å². The molecule has 0 heterocycles. The van der Waals surface area contributed by atoms with Gasteiger partial charge in [0.1, 0.15) is 0 Å². The summed E-state index contributed by atoms with van der Waals surface area (Å²) < 4.78 is 0. The molecule has 27 heavy (non-hydrogen) atoms. The molecule has 1 aromatic carbocycles. The Bertz CT molecular complexity index is 690. The van der Waals surface area contributed by atoms with Gasteiger partial charge in [-0.3, -0.25) is 4.79 Å². The highest BCUT2D eigenvalue weighted by Gasteiger charge is 2.41. The van der Waals surface area contributed by atoms with Crippen LogP contribution in [0.4, 0.5) is 0 Å². The number of nitrogens with two attached hydrogens (primary N) is 1. The summed E-state index contributed by atoms with van der Waals surface area (Å²) in [6.07, 6.45) is 12.3. The SMILES string of the molecule is CC(=O)N(CCc1ccccc1)C1CCC(CN)(C2C=CC=C(Cl)C2)CC1. The first-order valence-corrected chi connectivity index (χ1v) is 10.5. The van der Waals surface area contributed by atoms with E-state index in [1.54, 1.807) is 6.92 Å². The zero-order valence-electron chi connectivity index (χ0n) is 16.2. The lowest BCUT2D eigenvalue weighted by molar-refractivity contribution is -0.132. The van der Waals surface area contributed by atoms with E-state index in [1.165, 1.54) is 5.56 Å². The van der Waals surface area contributed by atoms with Gasteiger partial charge in [-0.25, -0.2) is 0 Å². The Kier molecular flexibility index (Phi) is 6.78. The highest BCUT2D eigenvalue weighted by molar-refractivity contribution is 6.29. The van der Waals surface area contributed by atoms with Crippen LogP contribution in [0.5, 0.6) is 0 Å². The van der Waals surface area contributed by atoms with Crippen LogP contribution in [0.1, 0.15) is 44.6 Å². The fraction of sp³-hybridized carbons (Fsp3) is 0.522. The number of hydrogen-bond acceptors (Lipinski definition) is 2. The maximum absolute atomic E-state index is 12.3. The van der Waals surface area contributed by atoms with E-state index in [1.807, 2.05) is 12.1 Å². The van der Waals surface area contributed by atoms with Crippen LogP contribution >= 0.6 is 11.6 Å². The van der Waals surface area contributed by atoms with Gasteiger partial charge < -0.3 is 10.6 Å². The summed E-state index contributed by atoms with van der Waals surface area (Å²) in [7, 11) is 0. The molecule has 3 nitrogen and oxygen atoms in total. The lowest BCUT2D eigenvalue weighted by atomic mass is 9.63. The molecule has 2 aliphatic rings. The third-order valence-corrected chi connectivity index (χ3v) is 6.79. The zero-order valence-corrected chi connectivity index (χ0v) is 17.0. The van der Waals surface area contributed by atoms with Crippen molar-refractivity contribution in [3.05, 3.63) is 59.2 Å². The number of halogens is 1. The minimum atomic E-state index is 0.114. The van der Waals surface area contributed by atoms with Gasteiger partial charge in [0.25, 0.3) is 0 Å². The Hall–Kier alpha value is -1.58. The Labute approximate surface area is 168 Å². The average Bonchev–Trinajstić information content (AvgIpc) is 2.69. The predicted molar refractivity (Wildman–Crippen MR) is 112 cm³/mol. The van der Waals surface area contributed by atoms with Crippen LogP contribution in [-0.2, 0) is 11.2 Å². The molecule has 1 atom stereocenters. The number of hydrogen-bond donors (Lipinski definition) is 1. The van der Waals surface area contributed by atoms with E-state index in [-0.39, 0.29) is 11.3 Å². The molecule has 1 aromatic rings. The lowest BCUT2D eigenvalue weighted by Gasteiger charge is -2.47. The third-order valence-electron chi connectivity index (χ3n) is 6.51. The van der Waals surface area contributed by atoms with Crippen LogP contribution in [-0.4, -0.2) is 29.9 Å². The van der Waals surface area contributed by atoms with E-state index < -0.39 is 0 Å². The molecule has 0 aliphatic heterocycles. The van der Waals surface area contributed by atoms with Crippen molar-refractivity contribution in [3.8, 4) is 0 Å². The smallest absolute Gasteiger partial charge is 0.219 e. The van der Waals surface area contributed by atoms with Crippen LogP contribution in [0, 0.1) is 11.3 Å². The number of amides is 1. The van der Waals surface area contributed by atoms with Gasteiger partial charge >= 0.3 is 0 Å². The molecule has 0 saturated heterocycles. The number of nitrogens with zero attached hydrogens (tertiary/aromatic N) is 1. The van der Waals surface area contributed by atoms with Crippen LogP contribution < -0.4 is 5.73 Å². The highest BCUT2D eigenvalue weighted by Crippen LogP contribution is 2.47. The Morgan fingerprint density at radius 2 is 1.96 bits per heavy atom. The second kappa shape index (κ2) is 9.07. The summed E-state index contributed by atoms with van der Waals surface area (Å²) in [5.74, 6) is 0.593. The van der Waals surface area contributed by atoms with Gasteiger partial charge in [-0.15, -0.1) is 0 Å². The van der Waals surface area contributed by atoms with Crippen LogP contribution in [0.3, 0.4) is 0 Å². The van der Waals surface area contributed by atoms with E-state index in [0.717, 1.165) is 50.1 Å². The molecule has 4 heteroatoms. The number of rotatable bonds is 6. The predicted octanol–water partition coefficient (Wildman–Crippen LogP) is 4.66. The molecular formula is C23H31ClN2O. The quantitative estimate of drug-likeness (QED) is 0.772. The van der Waals surface area contributed by atoms with Crippen molar-refractivity contribution in [1.29, 1.82) is 0 Å². The minimum absolute atomic E-state index is 0.114. The summed E-state index contributed by atoms with van der Waals surface area (Å²) >= 11 is 6.29. The molecule has 0 radical (unpaired) electrons. The molecule has 1 fully saturated rings. The van der Waals surface area contributed by atoms with Crippen molar-refractivity contribution in [1.82, 2.24) is 4.90 Å². The molecular weight excluding hydrogens is 356 g/mol. The van der Waals surface area contributed by atoms with Gasteiger partial charge in [-0.1, -0.05) is 54.1 Å². The summed E-state index contributed by atoms with van der Waals surface area (Å²) in [5.41, 5.74) is 7.65. The fourth-order valence-electron chi connectivity index (χ4n) is 4.77. The Morgan fingerprint density at radius 1 is 1.26 bits per heavy atom. The second-order valence-electron chi connectivity index (χ2n) is 8.05. The molecule has 146 valence electrons. The summed E-state index contributed by atoms with van der Waals surface area (Å²) in [6, 6.07) is 10.7. The Morgan fingerprint density at radius 3 is 2.56 bits per heavy atom. The fourth-order valence-corrected chi connectivity index (χ4v) is 5.01. The van der Waals surface area contributed by atoms with Crippen molar-refractivity contribution in [2.45, 2.75) is 51.5 Å². The van der Waals surface area contributed by atoms with Crippen molar-refractivity contribution >= 4 is 17.5 Å². The van der Waals surface area contributed by atoms with Crippen molar-refractivity contribution in [2.75, 3.05) is 13.1 Å². The molecule has 0 spiro atoms. The maximum atomic E-state index is 12.3. The van der Waals surface area contributed by atoms with Crippen molar-refractivity contribution in [3.63, 3.8) is 0 Å². The summed E-state index contributed by atoms with van der Waals surface area (Å²) in [5, 5.41) is 0.922. The standard InChI is InChI=1S/C23H31ClN2O/c1-18(27)26(15-12-19-6-3-2-4-7-19)22-10-13-23(17-25,14-11-22)20-8-5-9-21(24)16-20/h2-9,20,22H,10-17,25H2,1H3. The van der Waals surface area contributed by atoms with E-state index >= 15 is 0 Å². The normalized spacial score (nSPS) is 27.9. The van der Waals surface area contributed by atoms with Gasteiger partial charge in [-0.2, -0.15) is 0 Å². The number of carbonyl (C=O) groups is 1. The number of carbonyl (C=O) groups excluding carboxylic acids is 1. The van der Waals surface area contributed by atoms with Crippen molar-refractivity contribution < 1.29 is 4.79 Å². The first-order valence-electron chi connectivity index (χ1n) is 10.1. The highest BCUT2D eigenvalue weighted by atomic mass is 35.5. The lowest BCUT2D eigenvalue weighted by Crippen LogP contribution is -2.48. The topological polar surface area (TPSA) is 46.3 Å². The van der Waals surface area contributed by atoms with Crippen LogP contribution in [0.25, 0.3) is 0 Å². The monoisotopic (exact) mass is 386 g/mol. The van der Waals surface area contributed by atoms with Gasteiger partial charge in [0, 0.05) is 24.5 Å². The van der Waals surface area contributed by atoms with E-state index in [4.69, 9.17) is 17.3 Å². The molecule has 3 rings (SSSR count). The van der Waals surface area contributed by atoms with Crippen LogP contribution in [0.15, 0.2) is 53.6 Å². The van der Waals surface area contributed by atoms with Gasteiger partial charge in [0.05, 0.1) is 0 Å². The van der Waals surface area contributed by atoms with Gasteiger partial charge in [0.15, 0.2) is 0 Å². The zero-order chi connectivity index (χ0) is 19.3. The first kappa shape index (κ1) is 20.2. The first-order chi connectivity index (χ1) is 13.0. The molecule has 2 N–H and O–H groups in total. The number of allylic oxidation sites excluding steroid dienone is 4. The molecule has 1 saturated carbocycles. The minimum Gasteiger partial charge on any atom is -0.340 e. The summed E-state index contributed by atoms with van der Waals surface area (Å²) in [6.45, 7) is 3.17. The Balaban J connectivity index is 1.62. The molecule has 0 aromatic heterocycles. The third kappa shape index (κ3) is 4.83. The molecule has 1 amide bonds. The largest absolute Gasteiger partial charge is 0.340 e. The maximum Gasteiger partial charge on any atom is 0.219 e. The van der Waals surface area contributed by atoms with Gasteiger partial charge in [0.2, 0.25) is 5.91 Å². The second-order valence-corrected chi connectivity index (χ2v) is 8.54.